The molecule has 0 spiro atoms. The normalized spacial score (nSPS) is 11.6. The van der Waals surface area contributed by atoms with Crippen LogP contribution in [0.2, 0.25) is 0 Å². The van der Waals surface area contributed by atoms with Gasteiger partial charge in [0, 0.05) is 11.5 Å². The Bertz CT molecular complexity index is 640. The Kier molecular flexibility index (Phi) is 3.78. The molecule has 0 saturated carbocycles. The minimum absolute atomic E-state index is 0.0317. The van der Waals surface area contributed by atoms with E-state index in [1.807, 2.05) is 0 Å². The third kappa shape index (κ3) is 3.37. The maximum atomic E-state index is 12.0. The van der Waals surface area contributed by atoms with Gasteiger partial charge in [-0.1, -0.05) is 6.07 Å². The molecule has 0 bridgehead atoms. The Balaban J connectivity index is 2.20. The summed E-state index contributed by atoms with van der Waals surface area (Å²) in [6.07, 6.45) is -5.35. The van der Waals surface area contributed by atoms with Crippen molar-refractivity contribution in [1.29, 1.82) is 0 Å². The van der Waals surface area contributed by atoms with E-state index in [0.29, 0.717) is 10.9 Å². The number of hydrogen-bond donors (Lipinski definition) is 1. The zero-order chi connectivity index (χ0) is 14.8. The van der Waals surface area contributed by atoms with Gasteiger partial charge in [0.1, 0.15) is 0 Å². The van der Waals surface area contributed by atoms with Crippen molar-refractivity contribution >= 4 is 16.9 Å². The molecular formula is C13H10F3NO3. The fourth-order valence-electron chi connectivity index (χ4n) is 1.67. The predicted octanol–water partition coefficient (Wildman–Crippen LogP) is 3.26. The second-order valence-corrected chi connectivity index (χ2v) is 4.04. The molecule has 2 rings (SSSR count). The molecule has 7 heteroatoms. The molecular weight excluding hydrogens is 275 g/mol. The van der Waals surface area contributed by atoms with Crippen molar-refractivity contribution in [2.45, 2.75) is 12.6 Å². The highest BCUT2D eigenvalue weighted by molar-refractivity contribution is 6.02. The second kappa shape index (κ2) is 5.36. The number of carboxylic acids is 1. The first kappa shape index (κ1) is 14.1. The molecule has 0 aliphatic carbocycles. The van der Waals surface area contributed by atoms with E-state index < -0.39 is 25.2 Å². The number of hydrogen-bond acceptors (Lipinski definition) is 3. The molecule has 20 heavy (non-hydrogen) atoms. The number of alkyl halides is 3. The first-order valence-electron chi connectivity index (χ1n) is 5.69. The van der Waals surface area contributed by atoms with Gasteiger partial charge in [-0.2, -0.15) is 13.2 Å². The van der Waals surface area contributed by atoms with Crippen molar-refractivity contribution in [2.75, 3.05) is 6.61 Å². The average molecular weight is 285 g/mol. The first-order chi connectivity index (χ1) is 9.37. The fourth-order valence-corrected chi connectivity index (χ4v) is 1.67. The molecule has 0 saturated heterocycles. The summed E-state index contributed by atoms with van der Waals surface area (Å²) in [6.45, 7) is -0.527. The van der Waals surface area contributed by atoms with E-state index >= 15 is 0 Å². The monoisotopic (exact) mass is 285 g/mol. The molecule has 0 amide bonds. The molecule has 0 radical (unpaired) electrons. The highest BCUT2D eigenvalue weighted by atomic mass is 19.4. The van der Waals surface area contributed by atoms with Crippen LogP contribution in [0.15, 0.2) is 30.3 Å². The van der Waals surface area contributed by atoms with E-state index in [1.165, 1.54) is 24.3 Å². The minimum Gasteiger partial charge on any atom is -0.478 e. The lowest BCUT2D eigenvalue weighted by Gasteiger charge is -2.09. The van der Waals surface area contributed by atoms with Gasteiger partial charge in [-0.25, -0.2) is 9.78 Å². The van der Waals surface area contributed by atoms with E-state index in [-0.39, 0.29) is 11.4 Å². The average Bonchev–Trinajstić information content (AvgIpc) is 2.36. The van der Waals surface area contributed by atoms with Crippen LogP contribution in [0, 0.1) is 0 Å². The summed E-state index contributed by atoms with van der Waals surface area (Å²) in [7, 11) is 0. The molecule has 0 aliphatic heterocycles. The Hall–Kier alpha value is -2.31. The molecule has 4 nitrogen and oxygen atoms in total. The second-order valence-electron chi connectivity index (χ2n) is 4.04. The lowest BCUT2D eigenvalue weighted by Crippen LogP contribution is -2.13. The van der Waals surface area contributed by atoms with Crippen LogP contribution in [0.5, 0.6) is 5.88 Å². The van der Waals surface area contributed by atoms with Gasteiger partial charge >= 0.3 is 12.1 Å². The lowest BCUT2D eigenvalue weighted by atomic mass is 10.1. The number of carboxylic acid groups (broad SMARTS) is 1. The van der Waals surface area contributed by atoms with E-state index in [4.69, 9.17) is 9.84 Å². The third-order valence-corrected chi connectivity index (χ3v) is 2.57. The summed E-state index contributed by atoms with van der Waals surface area (Å²) in [6, 6.07) is 7.33. The maximum absolute atomic E-state index is 12.0. The Morgan fingerprint density at radius 2 is 2.00 bits per heavy atom. The molecule has 2 aromatic rings. The van der Waals surface area contributed by atoms with Crippen LogP contribution in [0.4, 0.5) is 13.2 Å². The molecule has 1 heterocycles. The first-order valence-corrected chi connectivity index (χ1v) is 5.69. The van der Waals surface area contributed by atoms with Crippen LogP contribution in [0.1, 0.15) is 16.8 Å². The van der Waals surface area contributed by atoms with Crippen LogP contribution in [-0.2, 0) is 0 Å². The highest BCUT2D eigenvalue weighted by Crippen LogP contribution is 2.22. The van der Waals surface area contributed by atoms with Gasteiger partial charge in [-0.05, 0) is 18.2 Å². The Labute approximate surface area is 111 Å². The summed E-state index contributed by atoms with van der Waals surface area (Å²) >= 11 is 0. The van der Waals surface area contributed by atoms with E-state index in [1.54, 1.807) is 6.07 Å². The number of aromatic carboxylic acids is 1. The number of pyridine rings is 1. The van der Waals surface area contributed by atoms with E-state index in [2.05, 4.69) is 4.98 Å². The quantitative estimate of drug-likeness (QED) is 0.936. The largest absolute Gasteiger partial charge is 0.478 e. The summed E-state index contributed by atoms with van der Waals surface area (Å²) in [5, 5.41) is 9.40. The summed E-state index contributed by atoms with van der Waals surface area (Å²) < 4.78 is 40.9. The zero-order valence-electron chi connectivity index (χ0n) is 10.1. The molecule has 1 N–H and O–H groups in total. The van der Waals surface area contributed by atoms with Gasteiger partial charge in [0.05, 0.1) is 24.1 Å². The van der Waals surface area contributed by atoms with Gasteiger partial charge in [0.15, 0.2) is 0 Å². The zero-order valence-corrected chi connectivity index (χ0v) is 10.1. The molecule has 0 atom stereocenters. The molecule has 1 aromatic heterocycles. The summed E-state index contributed by atoms with van der Waals surface area (Å²) in [4.78, 5) is 15.0. The number of ether oxygens (including phenoxy) is 1. The van der Waals surface area contributed by atoms with Crippen molar-refractivity contribution in [3.63, 3.8) is 0 Å². The number of halogens is 3. The number of carbonyl (C=O) groups is 1. The SMILES string of the molecule is O=C(O)c1cccc2nc(OCCC(F)(F)F)ccc12. The maximum Gasteiger partial charge on any atom is 0.392 e. The third-order valence-electron chi connectivity index (χ3n) is 2.57. The van der Waals surface area contributed by atoms with Crippen molar-refractivity contribution in [1.82, 2.24) is 4.98 Å². The highest BCUT2D eigenvalue weighted by Gasteiger charge is 2.26. The number of fused-ring (bicyclic) bond motifs is 1. The fraction of sp³-hybridized carbons (Fsp3) is 0.231. The summed E-state index contributed by atoms with van der Waals surface area (Å²) in [5.41, 5.74) is 0.436. The number of rotatable bonds is 4. The summed E-state index contributed by atoms with van der Waals surface area (Å²) in [5.74, 6) is -1.06. The predicted molar refractivity (Wildman–Crippen MR) is 64.9 cm³/mol. The van der Waals surface area contributed by atoms with Crippen LogP contribution >= 0.6 is 0 Å². The smallest absolute Gasteiger partial charge is 0.392 e. The minimum atomic E-state index is -4.28. The molecule has 0 unspecified atom stereocenters. The molecule has 1 aromatic carbocycles. The van der Waals surface area contributed by atoms with Crippen LogP contribution < -0.4 is 4.74 Å². The number of nitrogens with zero attached hydrogens (tertiary/aromatic N) is 1. The van der Waals surface area contributed by atoms with E-state index in [0.717, 1.165) is 0 Å². The number of aromatic nitrogens is 1. The topological polar surface area (TPSA) is 59.4 Å². The molecule has 0 fully saturated rings. The van der Waals surface area contributed by atoms with Gasteiger partial charge < -0.3 is 9.84 Å². The van der Waals surface area contributed by atoms with Gasteiger partial charge in [0.2, 0.25) is 5.88 Å². The van der Waals surface area contributed by atoms with Crippen molar-refractivity contribution in [3.8, 4) is 5.88 Å². The van der Waals surface area contributed by atoms with Crippen molar-refractivity contribution < 1.29 is 27.8 Å². The lowest BCUT2D eigenvalue weighted by molar-refractivity contribution is -0.139. The van der Waals surface area contributed by atoms with Crippen molar-refractivity contribution in [3.05, 3.63) is 35.9 Å². The van der Waals surface area contributed by atoms with Gasteiger partial charge in [0.25, 0.3) is 0 Å². The Morgan fingerprint density at radius 3 is 2.65 bits per heavy atom. The standard InChI is InChI=1S/C13H10F3NO3/c14-13(15,16)6-7-20-11-5-4-8-9(12(18)19)2-1-3-10(8)17-11/h1-5H,6-7H2,(H,18,19). The number of benzene rings is 1. The van der Waals surface area contributed by atoms with Crippen molar-refractivity contribution in [2.24, 2.45) is 0 Å². The molecule has 0 aliphatic rings. The van der Waals surface area contributed by atoms with Gasteiger partial charge in [-0.3, -0.25) is 0 Å². The van der Waals surface area contributed by atoms with Crippen LogP contribution in [-0.4, -0.2) is 28.8 Å². The van der Waals surface area contributed by atoms with Crippen LogP contribution in [0.25, 0.3) is 10.9 Å². The van der Waals surface area contributed by atoms with Crippen LogP contribution in [0.3, 0.4) is 0 Å². The Morgan fingerprint density at radius 1 is 1.25 bits per heavy atom. The van der Waals surface area contributed by atoms with E-state index in [9.17, 15) is 18.0 Å². The molecule has 106 valence electrons. The van der Waals surface area contributed by atoms with Gasteiger partial charge in [-0.15, -0.1) is 0 Å².